The van der Waals surface area contributed by atoms with Gasteiger partial charge in [-0.2, -0.15) is 0 Å². The Hall–Kier alpha value is -0.650. The molecule has 5 nitrogen and oxygen atoms in total. The number of aliphatic carboxylic acids is 1. The summed E-state index contributed by atoms with van der Waals surface area (Å²) < 4.78 is 0. The van der Waals surface area contributed by atoms with Gasteiger partial charge in [0.2, 0.25) is 0 Å². The highest BCUT2D eigenvalue weighted by Gasteiger charge is 2.20. The average Bonchev–Trinajstić information content (AvgIpc) is 2.26. The number of aliphatic hydroxyl groups excluding tert-OH is 2. The summed E-state index contributed by atoms with van der Waals surface area (Å²) >= 11 is 0. The molecule has 0 aromatic carbocycles. The molecule has 0 aliphatic heterocycles. The first-order valence-corrected chi connectivity index (χ1v) is 6.40. The van der Waals surface area contributed by atoms with E-state index < -0.39 is 5.97 Å². The van der Waals surface area contributed by atoms with Crippen molar-refractivity contribution in [1.82, 2.24) is 5.32 Å². The van der Waals surface area contributed by atoms with E-state index in [1.165, 1.54) is 0 Å². The second kappa shape index (κ2) is 11.4. The molecule has 0 radical (unpaired) electrons. The lowest BCUT2D eigenvalue weighted by Crippen LogP contribution is -2.21. The first-order chi connectivity index (χ1) is 8.25. The summed E-state index contributed by atoms with van der Waals surface area (Å²) in [5.74, 6) is -0.222. The Bertz CT molecular complexity index is 198. The van der Waals surface area contributed by atoms with E-state index in [-0.39, 0.29) is 18.6 Å². The van der Waals surface area contributed by atoms with Gasteiger partial charge in [0.25, 0.3) is 0 Å². The average molecular weight is 263 g/mol. The van der Waals surface area contributed by atoms with Crippen molar-refractivity contribution < 1.29 is 20.1 Å². The number of rotatable bonds is 7. The highest BCUT2D eigenvalue weighted by Crippen LogP contribution is 2.28. The minimum atomic E-state index is -0.693. The fourth-order valence-corrected chi connectivity index (χ4v) is 1.06. The van der Waals surface area contributed by atoms with E-state index in [9.17, 15) is 4.79 Å². The third kappa shape index (κ3) is 15.4. The molecule has 0 heterocycles. The zero-order chi connectivity index (χ0) is 14.6. The van der Waals surface area contributed by atoms with Gasteiger partial charge in [0.05, 0.1) is 13.2 Å². The van der Waals surface area contributed by atoms with Gasteiger partial charge in [-0.25, -0.2) is 0 Å². The predicted octanol–water partition coefficient (Wildman–Crippen LogP) is 1.09. The molecule has 1 atom stereocenters. The molecule has 0 aliphatic carbocycles. The van der Waals surface area contributed by atoms with E-state index in [2.05, 4.69) is 33.0 Å². The number of carbonyl (C=O) groups is 1. The number of carboxylic acid groups (broad SMARTS) is 1. The van der Waals surface area contributed by atoms with Crippen LogP contribution in [0.15, 0.2) is 0 Å². The van der Waals surface area contributed by atoms with Gasteiger partial charge >= 0.3 is 5.97 Å². The molecule has 0 saturated carbocycles. The van der Waals surface area contributed by atoms with E-state index in [1.54, 1.807) is 0 Å². The van der Waals surface area contributed by atoms with Crippen molar-refractivity contribution in [3.8, 4) is 0 Å². The van der Waals surface area contributed by atoms with Crippen LogP contribution in [-0.2, 0) is 4.79 Å². The van der Waals surface area contributed by atoms with Gasteiger partial charge in [0.15, 0.2) is 0 Å². The second-order valence-electron chi connectivity index (χ2n) is 5.40. The molecule has 0 amide bonds. The standard InChI is InChI=1S/C9H18O2.C4H11NO2/c1-7(9(2,3)4)5-6-8(10)11;6-3-1-5-2-4-7/h7H,5-6H2,1-4H3,(H,10,11);5-7H,1-4H2. The fraction of sp³-hybridized carbons (Fsp3) is 0.923. The Kier molecular flexibility index (Phi) is 12.5. The van der Waals surface area contributed by atoms with Gasteiger partial charge in [0.1, 0.15) is 0 Å². The maximum atomic E-state index is 10.2. The molecule has 110 valence electrons. The van der Waals surface area contributed by atoms with Crippen LogP contribution in [0.5, 0.6) is 0 Å². The largest absolute Gasteiger partial charge is 0.481 e. The van der Waals surface area contributed by atoms with Crippen molar-refractivity contribution >= 4 is 5.97 Å². The first-order valence-electron chi connectivity index (χ1n) is 6.40. The molecule has 0 rings (SSSR count). The Labute approximate surface area is 110 Å². The molecular weight excluding hydrogens is 234 g/mol. The molecule has 5 heteroatoms. The quantitative estimate of drug-likeness (QED) is 0.516. The van der Waals surface area contributed by atoms with Gasteiger partial charge < -0.3 is 20.6 Å². The van der Waals surface area contributed by atoms with Crippen molar-refractivity contribution in [3.05, 3.63) is 0 Å². The first kappa shape index (κ1) is 19.7. The third-order valence-electron chi connectivity index (χ3n) is 2.85. The Balaban J connectivity index is 0. The van der Waals surface area contributed by atoms with Crippen LogP contribution >= 0.6 is 0 Å². The van der Waals surface area contributed by atoms with E-state index in [4.69, 9.17) is 15.3 Å². The minimum Gasteiger partial charge on any atom is -0.481 e. The molecule has 0 aliphatic rings. The summed E-state index contributed by atoms with van der Waals surface area (Å²) in [6, 6.07) is 0. The molecule has 0 fully saturated rings. The molecule has 0 spiro atoms. The summed E-state index contributed by atoms with van der Waals surface area (Å²) in [5.41, 5.74) is 0.232. The molecule has 0 aromatic heterocycles. The van der Waals surface area contributed by atoms with Gasteiger partial charge in [-0.3, -0.25) is 4.79 Å². The fourth-order valence-electron chi connectivity index (χ4n) is 1.06. The zero-order valence-electron chi connectivity index (χ0n) is 12.1. The van der Waals surface area contributed by atoms with Crippen LogP contribution < -0.4 is 5.32 Å². The van der Waals surface area contributed by atoms with E-state index >= 15 is 0 Å². The summed E-state index contributed by atoms with van der Waals surface area (Å²) in [6.07, 6.45) is 1.07. The van der Waals surface area contributed by atoms with Gasteiger partial charge in [-0.1, -0.05) is 27.7 Å². The van der Waals surface area contributed by atoms with Crippen molar-refractivity contribution in [3.63, 3.8) is 0 Å². The molecular formula is C13H29NO4. The third-order valence-corrected chi connectivity index (χ3v) is 2.85. The molecule has 0 aromatic rings. The lowest BCUT2D eigenvalue weighted by Gasteiger charge is -2.26. The molecule has 4 N–H and O–H groups in total. The Morgan fingerprint density at radius 2 is 1.61 bits per heavy atom. The molecule has 18 heavy (non-hydrogen) atoms. The Morgan fingerprint density at radius 1 is 1.17 bits per heavy atom. The highest BCUT2D eigenvalue weighted by atomic mass is 16.4. The van der Waals surface area contributed by atoms with Crippen molar-refractivity contribution in [1.29, 1.82) is 0 Å². The van der Waals surface area contributed by atoms with E-state index in [0.717, 1.165) is 6.42 Å². The predicted molar refractivity (Wildman–Crippen MR) is 72.5 cm³/mol. The van der Waals surface area contributed by atoms with Gasteiger partial charge in [-0.15, -0.1) is 0 Å². The van der Waals surface area contributed by atoms with Crippen LogP contribution in [0.25, 0.3) is 0 Å². The lowest BCUT2D eigenvalue weighted by molar-refractivity contribution is -0.137. The summed E-state index contributed by atoms with van der Waals surface area (Å²) in [6.45, 7) is 9.93. The number of hydrogen-bond acceptors (Lipinski definition) is 4. The lowest BCUT2D eigenvalue weighted by atomic mass is 9.79. The number of nitrogens with one attached hydrogen (secondary N) is 1. The number of hydrogen-bond donors (Lipinski definition) is 4. The Morgan fingerprint density at radius 3 is 1.89 bits per heavy atom. The van der Waals surface area contributed by atoms with Crippen LogP contribution in [-0.4, -0.2) is 47.6 Å². The van der Waals surface area contributed by atoms with Crippen LogP contribution in [0.2, 0.25) is 0 Å². The maximum Gasteiger partial charge on any atom is 0.303 e. The van der Waals surface area contributed by atoms with E-state index in [0.29, 0.717) is 25.4 Å². The highest BCUT2D eigenvalue weighted by molar-refractivity contribution is 5.66. The molecule has 0 saturated heterocycles. The zero-order valence-corrected chi connectivity index (χ0v) is 12.1. The van der Waals surface area contributed by atoms with E-state index in [1.807, 2.05) is 0 Å². The van der Waals surface area contributed by atoms with Crippen LogP contribution in [0.1, 0.15) is 40.5 Å². The van der Waals surface area contributed by atoms with Crippen molar-refractivity contribution in [2.75, 3.05) is 26.3 Å². The number of aliphatic hydroxyl groups is 2. The summed E-state index contributed by atoms with van der Waals surface area (Å²) in [4.78, 5) is 10.2. The maximum absolute atomic E-state index is 10.2. The normalized spacial score (nSPS) is 12.6. The smallest absolute Gasteiger partial charge is 0.303 e. The van der Waals surface area contributed by atoms with Gasteiger partial charge in [0, 0.05) is 19.5 Å². The van der Waals surface area contributed by atoms with Crippen molar-refractivity contribution in [2.45, 2.75) is 40.5 Å². The molecule has 1 unspecified atom stereocenters. The van der Waals surface area contributed by atoms with Crippen LogP contribution in [0.4, 0.5) is 0 Å². The minimum absolute atomic E-state index is 0.139. The summed E-state index contributed by atoms with van der Waals surface area (Å²) in [7, 11) is 0. The summed E-state index contributed by atoms with van der Waals surface area (Å²) in [5, 5.41) is 27.5. The SMILES string of the molecule is CC(CCC(=O)O)C(C)(C)C.OCCNCCO. The van der Waals surface area contributed by atoms with Crippen molar-refractivity contribution in [2.24, 2.45) is 11.3 Å². The van der Waals surface area contributed by atoms with Gasteiger partial charge in [-0.05, 0) is 17.8 Å². The number of carboxylic acids is 1. The topological polar surface area (TPSA) is 89.8 Å². The monoisotopic (exact) mass is 263 g/mol. The van der Waals surface area contributed by atoms with Crippen LogP contribution in [0, 0.1) is 11.3 Å². The molecule has 0 bridgehead atoms. The van der Waals surface area contributed by atoms with Crippen LogP contribution in [0.3, 0.4) is 0 Å². The second-order valence-corrected chi connectivity index (χ2v) is 5.40.